The van der Waals surface area contributed by atoms with Crippen molar-refractivity contribution >= 4 is 28.2 Å². The Hall–Kier alpha value is -0.330. The van der Waals surface area contributed by atoms with E-state index in [0.29, 0.717) is 19.1 Å². The topological polar surface area (TPSA) is 66.5 Å². The summed E-state index contributed by atoms with van der Waals surface area (Å²) < 4.78 is 24.2. The number of nitrogens with one attached hydrogen (secondary N) is 1. The quantitative estimate of drug-likeness (QED) is 0.837. The largest absolute Gasteiger partial charge is 0.340 e. The maximum Gasteiger partial charge on any atom is 0.223 e. The number of carbonyl (C=O) groups is 1. The first-order chi connectivity index (χ1) is 8.99. The highest BCUT2D eigenvalue weighted by Crippen LogP contribution is 2.25. The number of amides is 1. The first-order valence-corrected chi connectivity index (χ1v) is 8.93. The summed E-state index contributed by atoms with van der Waals surface area (Å²) in [4.78, 5) is 13.8. The summed E-state index contributed by atoms with van der Waals surface area (Å²) in [5, 5.41) is 3.08. The van der Waals surface area contributed by atoms with Crippen LogP contribution in [0.15, 0.2) is 0 Å². The fourth-order valence-corrected chi connectivity index (χ4v) is 4.80. The van der Waals surface area contributed by atoms with Gasteiger partial charge in [0.15, 0.2) is 9.84 Å². The van der Waals surface area contributed by atoms with Gasteiger partial charge in [-0.2, -0.15) is 0 Å². The van der Waals surface area contributed by atoms with Crippen LogP contribution < -0.4 is 5.32 Å². The van der Waals surface area contributed by atoms with Gasteiger partial charge < -0.3 is 10.2 Å². The lowest BCUT2D eigenvalue weighted by Crippen LogP contribution is -2.51. The van der Waals surface area contributed by atoms with E-state index < -0.39 is 9.84 Å². The molecule has 1 unspecified atom stereocenters. The van der Waals surface area contributed by atoms with E-state index in [0.717, 1.165) is 32.2 Å². The second kappa shape index (κ2) is 7.61. The molecule has 0 bridgehead atoms. The van der Waals surface area contributed by atoms with E-state index in [-0.39, 0.29) is 35.7 Å². The average molecular weight is 325 g/mol. The minimum absolute atomic E-state index is 0. The molecule has 1 atom stereocenters. The van der Waals surface area contributed by atoms with Gasteiger partial charge in [0.1, 0.15) is 0 Å². The number of hydrogen-bond donors (Lipinski definition) is 1. The normalized spacial score (nSPS) is 24.4. The second-order valence-electron chi connectivity index (χ2n) is 5.72. The Morgan fingerprint density at radius 1 is 1.30 bits per heavy atom. The number of rotatable bonds is 4. The van der Waals surface area contributed by atoms with Crippen LogP contribution in [0.4, 0.5) is 0 Å². The number of piperazine rings is 1. The Morgan fingerprint density at radius 3 is 2.55 bits per heavy atom. The third-order valence-electron chi connectivity index (χ3n) is 4.13. The number of halogens is 1. The van der Waals surface area contributed by atoms with Crippen molar-refractivity contribution in [2.24, 2.45) is 0 Å². The third kappa shape index (κ3) is 4.60. The van der Waals surface area contributed by atoms with Crippen LogP contribution in [0.2, 0.25) is 0 Å². The zero-order chi connectivity index (χ0) is 13.9. The first kappa shape index (κ1) is 17.7. The Balaban J connectivity index is 0.00000200. The smallest absolute Gasteiger partial charge is 0.223 e. The molecular weight excluding hydrogens is 300 g/mol. The summed E-state index contributed by atoms with van der Waals surface area (Å²) in [6.45, 7) is 4.20. The Morgan fingerprint density at radius 2 is 1.95 bits per heavy atom. The molecular formula is C13H25ClN2O3S. The predicted octanol–water partition coefficient (Wildman–Crippen LogP) is 0.976. The van der Waals surface area contributed by atoms with E-state index >= 15 is 0 Å². The summed E-state index contributed by atoms with van der Waals surface area (Å²) in [5.41, 5.74) is 0. The fourth-order valence-electron chi connectivity index (χ4n) is 2.96. The van der Waals surface area contributed by atoms with Gasteiger partial charge in [-0.3, -0.25) is 4.79 Å². The molecule has 1 aliphatic carbocycles. The maximum absolute atomic E-state index is 12.1. The number of carbonyl (C=O) groups excluding carboxylic acids is 1. The lowest BCUT2D eigenvalue weighted by atomic mass is 10.2. The van der Waals surface area contributed by atoms with Gasteiger partial charge >= 0.3 is 0 Å². The van der Waals surface area contributed by atoms with Crippen LogP contribution in [0.1, 0.15) is 39.0 Å². The molecule has 0 aromatic heterocycles. The van der Waals surface area contributed by atoms with Crippen molar-refractivity contribution in [3.63, 3.8) is 0 Å². The van der Waals surface area contributed by atoms with Crippen molar-refractivity contribution < 1.29 is 13.2 Å². The van der Waals surface area contributed by atoms with Crippen molar-refractivity contribution in [2.75, 3.05) is 25.4 Å². The molecule has 0 aromatic rings. The van der Waals surface area contributed by atoms with E-state index in [4.69, 9.17) is 0 Å². The number of nitrogens with zero attached hydrogens (tertiary/aromatic N) is 1. The molecule has 0 radical (unpaired) electrons. The van der Waals surface area contributed by atoms with Crippen LogP contribution in [0.3, 0.4) is 0 Å². The highest BCUT2D eigenvalue weighted by Gasteiger charge is 2.30. The highest BCUT2D eigenvalue weighted by molar-refractivity contribution is 7.92. The molecule has 2 aliphatic rings. The summed E-state index contributed by atoms with van der Waals surface area (Å²) in [6, 6.07) is 0.295. The standard InChI is InChI=1S/C13H24N2O3S.ClH/c1-11-10-15(8-7-14-11)13(16)6-9-19(17,18)12-4-2-3-5-12;/h11-12,14H,2-10H2,1H3;1H. The molecule has 118 valence electrons. The fraction of sp³-hybridized carbons (Fsp3) is 0.923. The van der Waals surface area contributed by atoms with Gasteiger partial charge in [-0.1, -0.05) is 12.8 Å². The Labute approximate surface area is 127 Å². The number of hydrogen-bond acceptors (Lipinski definition) is 4. The Bertz CT molecular complexity index is 421. The summed E-state index contributed by atoms with van der Waals surface area (Å²) in [7, 11) is -3.07. The van der Waals surface area contributed by atoms with Crippen molar-refractivity contribution in [2.45, 2.75) is 50.3 Å². The molecule has 1 aliphatic heterocycles. The molecule has 2 fully saturated rings. The molecule has 1 N–H and O–H groups in total. The van der Waals surface area contributed by atoms with E-state index in [2.05, 4.69) is 5.32 Å². The lowest BCUT2D eigenvalue weighted by Gasteiger charge is -2.32. The first-order valence-electron chi connectivity index (χ1n) is 7.22. The van der Waals surface area contributed by atoms with Crippen LogP contribution in [-0.4, -0.2) is 55.9 Å². The van der Waals surface area contributed by atoms with Crippen LogP contribution in [0, 0.1) is 0 Å². The molecule has 1 saturated carbocycles. The van der Waals surface area contributed by atoms with Gasteiger partial charge in [0.05, 0.1) is 11.0 Å². The van der Waals surface area contributed by atoms with Gasteiger partial charge in [-0.15, -0.1) is 12.4 Å². The molecule has 1 amide bonds. The van der Waals surface area contributed by atoms with Crippen molar-refractivity contribution in [3.05, 3.63) is 0 Å². The van der Waals surface area contributed by atoms with Crippen molar-refractivity contribution in [3.8, 4) is 0 Å². The lowest BCUT2D eigenvalue weighted by molar-refractivity contribution is -0.131. The summed E-state index contributed by atoms with van der Waals surface area (Å²) in [5.74, 6) is 0.00404. The van der Waals surface area contributed by atoms with Gasteiger partial charge in [0, 0.05) is 32.1 Å². The number of sulfone groups is 1. The molecule has 5 nitrogen and oxygen atoms in total. The van der Waals surface area contributed by atoms with E-state index in [1.54, 1.807) is 4.90 Å². The van der Waals surface area contributed by atoms with E-state index in [9.17, 15) is 13.2 Å². The molecule has 1 saturated heterocycles. The third-order valence-corrected chi connectivity index (χ3v) is 6.39. The molecule has 0 spiro atoms. The molecule has 1 heterocycles. The molecule has 0 aromatic carbocycles. The van der Waals surface area contributed by atoms with Crippen LogP contribution in [-0.2, 0) is 14.6 Å². The van der Waals surface area contributed by atoms with Crippen molar-refractivity contribution in [1.82, 2.24) is 10.2 Å². The van der Waals surface area contributed by atoms with Crippen LogP contribution in [0.5, 0.6) is 0 Å². The van der Waals surface area contributed by atoms with E-state index in [1.807, 2.05) is 6.92 Å². The zero-order valence-electron chi connectivity index (χ0n) is 12.0. The average Bonchev–Trinajstić information content (AvgIpc) is 2.90. The zero-order valence-corrected chi connectivity index (χ0v) is 13.6. The van der Waals surface area contributed by atoms with Crippen LogP contribution in [0.25, 0.3) is 0 Å². The molecule has 2 rings (SSSR count). The summed E-state index contributed by atoms with van der Waals surface area (Å²) >= 11 is 0. The minimum Gasteiger partial charge on any atom is -0.340 e. The maximum atomic E-state index is 12.1. The SMILES string of the molecule is CC1CN(C(=O)CCS(=O)(=O)C2CCCC2)CCN1.Cl. The summed E-state index contributed by atoms with van der Waals surface area (Å²) in [6.07, 6.45) is 3.72. The van der Waals surface area contributed by atoms with Gasteiger partial charge in [-0.25, -0.2) is 8.42 Å². The monoisotopic (exact) mass is 324 g/mol. The van der Waals surface area contributed by atoms with Gasteiger partial charge in [0.2, 0.25) is 5.91 Å². The van der Waals surface area contributed by atoms with Crippen molar-refractivity contribution in [1.29, 1.82) is 0 Å². The van der Waals surface area contributed by atoms with Gasteiger partial charge in [0.25, 0.3) is 0 Å². The van der Waals surface area contributed by atoms with Gasteiger partial charge in [-0.05, 0) is 19.8 Å². The van der Waals surface area contributed by atoms with Crippen LogP contribution >= 0.6 is 12.4 Å². The predicted molar refractivity (Wildman–Crippen MR) is 82.0 cm³/mol. The molecule has 20 heavy (non-hydrogen) atoms. The Kier molecular flexibility index (Phi) is 6.75. The molecule has 7 heteroatoms. The minimum atomic E-state index is -3.07. The highest BCUT2D eigenvalue weighted by atomic mass is 35.5. The second-order valence-corrected chi connectivity index (χ2v) is 8.12. The van der Waals surface area contributed by atoms with E-state index in [1.165, 1.54) is 0 Å².